The molecule has 0 aliphatic heterocycles. The van der Waals surface area contributed by atoms with Crippen LogP contribution in [0.4, 0.5) is 4.39 Å². The summed E-state index contributed by atoms with van der Waals surface area (Å²) in [7, 11) is -3.65. The van der Waals surface area contributed by atoms with Crippen molar-refractivity contribution in [2.45, 2.75) is 17.7 Å². The second-order valence-electron chi connectivity index (χ2n) is 5.34. The first-order valence-corrected chi connectivity index (χ1v) is 9.91. The van der Waals surface area contributed by atoms with Crippen LogP contribution in [0.2, 0.25) is 0 Å². The van der Waals surface area contributed by atoms with E-state index in [2.05, 4.69) is 26.0 Å². The van der Waals surface area contributed by atoms with Crippen LogP contribution < -0.4 is 10.0 Å². The van der Waals surface area contributed by atoms with Crippen LogP contribution in [0.1, 0.15) is 12.0 Å². The Balaban J connectivity index is 1.73. The molecule has 0 aliphatic rings. The molecular weight excluding hydrogens is 411 g/mol. The molecule has 0 bridgehead atoms. The molecule has 0 saturated heterocycles. The lowest BCUT2D eigenvalue weighted by atomic mass is 10.1. The molecule has 8 heteroatoms. The van der Waals surface area contributed by atoms with Crippen molar-refractivity contribution in [2.75, 3.05) is 13.1 Å². The minimum Gasteiger partial charge on any atom is -0.356 e. The molecule has 134 valence electrons. The molecule has 0 fully saturated rings. The van der Waals surface area contributed by atoms with Crippen molar-refractivity contribution in [2.24, 2.45) is 0 Å². The second-order valence-corrected chi connectivity index (χ2v) is 8.02. The first-order valence-electron chi connectivity index (χ1n) is 7.63. The van der Waals surface area contributed by atoms with E-state index in [1.807, 2.05) is 0 Å². The number of hydrogen-bond acceptors (Lipinski definition) is 3. The molecule has 0 unspecified atom stereocenters. The van der Waals surface area contributed by atoms with E-state index in [0.717, 1.165) is 5.56 Å². The molecule has 2 aromatic carbocycles. The first kappa shape index (κ1) is 19.6. The maximum atomic E-state index is 13.0. The molecule has 0 atom stereocenters. The molecule has 2 N–H and O–H groups in total. The van der Waals surface area contributed by atoms with Gasteiger partial charge in [-0.2, -0.15) is 0 Å². The van der Waals surface area contributed by atoms with Gasteiger partial charge in [0.05, 0.1) is 4.90 Å². The lowest BCUT2D eigenvalue weighted by Crippen LogP contribution is -2.31. The SMILES string of the molecule is O=C(CCNS(=O)(=O)c1cccc(Br)c1)NCCc1cccc(F)c1. The minimum absolute atomic E-state index is 0.000640. The highest BCUT2D eigenvalue weighted by molar-refractivity contribution is 9.10. The summed E-state index contributed by atoms with van der Waals surface area (Å²) in [6.07, 6.45) is 0.531. The van der Waals surface area contributed by atoms with Crippen molar-refractivity contribution in [1.29, 1.82) is 0 Å². The van der Waals surface area contributed by atoms with Crippen LogP contribution in [0, 0.1) is 5.82 Å². The van der Waals surface area contributed by atoms with Crippen LogP contribution in [0.5, 0.6) is 0 Å². The Hall–Kier alpha value is -1.77. The van der Waals surface area contributed by atoms with Crippen LogP contribution >= 0.6 is 15.9 Å². The van der Waals surface area contributed by atoms with Gasteiger partial charge < -0.3 is 5.32 Å². The third-order valence-electron chi connectivity index (χ3n) is 3.38. The Morgan fingerprint density at radius 1 is 1.08 bits per heavy atom. The molecule has 2 rings (SSSR count). The Bertz CT molecular complexity index is 843. The summed E-state index contributed by atoms with van der Waals surface area (Å²) in [6, 6.07) is 12.5. The lowest BCUT2D eigenvalue weighted by molar-refractivity contribution is -0.120. The number of halogens is 2. The van der Waals surface area contributed by atoms with Crippen molar-refractivity contribution < 1.29 is 17.6 Å². The summed E-state index contributed by atoms with van der Waals surface area (Å²) < 4.78 is 40.3. The summed E-state index contributed by atoms with van der Waals surface area (Å²) in [4.78, 5) is 11.9. The van der Waals surface area contributed by atoms with Gasteiger partial charge in [0.15, 0.2) is 0 Å². The average molecular weight is 429 g/mol. The van der Waals surface area contributed by atoms with Crippen molar-refractivity contribution in [1.82, 2.24) is 10.0 Å². The van der Waals surface area contributed by atoms with Gasteiger partial charge in [0, 0.05) is 24.0 Å². The van der Waals surface area contributed by atoms with Gasteiger partial charge in [-0.25, -0.2) is 17.5 Å². The smallest absolute Gasteiger partial charge is 0.240 e. The van der Waals surface area contributed by atoms with E-state index < -0.39 is 10.0 Å². The summed E-state index contributed by atoms with van der Waals surface area (Å²) in [6.45, 7) is 0.362. The highest BCUT2D eigenvalue weighted by Gasteiger charge is 2.14. The van der Waals surface area contributed by atoms with Crippen LogP contribution in [0.25, 0.3) is 0 Å². The number of sulfonamides is 1. The molecule has 0 heterocycles. The third kappa shape index (κ3) is 6.56. The Morgan fingerprint density at radius 2 is 1.84 bits per heavy atom. The van der Waals surface area contributed by atoms with Gasteiger partial charge in [-0.15, -0.1) is 0 Å². The molecule has 5 nitrogen and oxygen atoms in total. The van der Waals surface area contributed by atoms with Crippen molar-refractivity contribution in [3.8, 4) is 0 Å². The number of carbonyl (C=O) groups is 1. The fraction of sp³-hybridized carbons (Fsp3) is 0.235. The standard InChI is InChI=1S/C17H18BrFN2O3S/c18-14-4-2-6-16(12-14)25(23,24)21-10-8-17(22)20-9-7-13-3-1-5-15(19)11-13/h1-6,11-12,21H,7-10H2,(H,20,22). The monoisotopic (exact) mass is 428 g/mol. The van der Waals surface area contributed by atoms with Crippen LogP contribution in [-0.2, 0) is 21.2 Å². The van der Waals surface area contributed by atoms with Gasteiger partial charge in [0.2, 0.25) is 15.9 Å². The van der Waals surface area contributed by atoms with E-state index in [1.54, 1.807) is 24.3 Å². The normalized spacial score (nSPS) is 11.3. The third-order valence-corrected chi connectivity index (χ3v) is 5.33. The average Bonchev–Trinajstić information content (AvgIpc) is 2.55. The van der Waals surface area contributed by atoms with Gasteiger partial charge in [0.1, 0.15) is 5.82 Å². The van der Waals surface area contributed by atoms with Gasteiger partial charge in [-0.05, 0) is 42.3 Å². The zero-order valence-electron chi connectivity index (χ0n) is 13.3. The largest absolute Gasteiger partial charge is 0.356 e. The summed E-state index contributed by atoms with van der Waals surface area (Å²) in [5.41, 5.74) is 0.788. The van der Waals surface area contributed by atoms with Crippen molar-refractivity contribution in [3.05, 3.63) is 64.4 Å². The molecular formula is C17H18BrFN2O3S. The number of carbonyl (C=O) groups excluding carboxylic acids is 1. The zero-order valence-corrected chi connectivity index (χ0v) is 15.7. The Labute approximate surface area is 154 Å². The van der Waals surface area contributed by atoms with Gasteiger partial charge >= 0.3 is 0 Å². The first-order chi connectivity index (χ1) is 11.9. The van der Waals surface area contributed by atoms with E-state index in [-0.39, 0.29) is 29.6 Å². The summed E-state index contributed by atoms with van der Waals surface area (Å²) >= 11 is 3.22. The van der Waals surface area contributed by atoms with Crippen molar-refractivity contribution in [3.63, 3.8) is 0 Å². The number of nitrogens with one attached hydrogen (secondary N) is 2. The fourth-order valence-corrected chi connectivity index (χ4v) is 3.77. The molecule has 0 aliphatic carbocycles. The summed E-state index contributed by atoms with van der Waals surface area (Å²) in [5, 5.41) is 2.68. The fourth-order valence-electron chi connectivity index (χ4n) is 2.14. The van der Waals surface area contributed by atoms with Crippen molar-refractivity contribution >= 4 is 31.9 Å². The lowest BCUT2D eigenvalue weighted by Gasteiger charge is -2.08. The highest BCUT2D eigenvalue weighted by atomic mass is 79.9. The number of hydrogen-bond donors (Lipinski definition) is 2. The maximum absolute atomic E-state index is 13.0. The molecule has 0 radical (unpaired) electrons. The van der Waals surface area contributed by atoms with E-state index in [0.29, 0.717) is 17.4 Å². The van der Waals surface area contributed by atoms with Crippen LogP contribution in [0.3, 0.4) is 0 Å². The predicted octanol–water partition coefficient (Wildman–Crippen LogP) is 2.62. The van der Waals surface area contributed by atoms with E-state index in [1.165, 1.54) is 24.3 Å². The highest BCUT2D eigenvalue weighted by Crippen LogP contribution is 2.15. The van der Waals surface area contributed by atoms with E-state index in [9.17, 15) is 17.6 Å². The quantitative estimate of drug-likeness (QED) is 0.678. The number of amides is 1. The minimum atomic E-state index is -3.65. The maximum Gasteiger partial charge on any atom is 0.240 e. The van der Waals surface area contributed by atoms with E-state index in [4.69, 9.17) is 0 Å². The number of benzene rings is 2. The van der Waals surface area contributed by atoms with E-state index >= 15 is 0 Å². The second kappa shape index (κ2) is 9.07. The Kier molecular flexibility index (Phi) is 7.10. The molecule has 1 amide bonds. The van der Waals surface area contributed by atoms with Gasteiger partial charge in [-0.3, -0.25) is 4.79 Å². The molecule has 25 heavy (non-hydrogen) atoms. The van der Waals surface area contributed by atoms with Crippen LogP contribution in [-0.4, -0.2) is 27.4 Å². The van der Waals surface area contributed by atoms with Gasteiger partial charge in [0.25, 0.3) is 0 Å². The molecule has 0 spiro atoms. The van der Waals surface area contributed by atoms with Gasteiger partial charge in [-0.1, -0.05) is 34.1 Å². The number of rotatable bonds is 8. The van der Waals surface area contributed by atoms with Crippen LogP contribution in [0.15, 0.2) is 57.9 Å². The molecule has 2 aromatic rings. The molecule has 0 saturated carbocycles. The molecule has 0 aromatic heterocycles. The Morgan fingerprint density at radius 3 is 2.56 bits per heavy atom. The topological polar surface area (TPSA) is 75.3 Å². The zero-order chi connectivity index (χ0) is 18.3. The predicted molar refractivity (Wildman–Crippen MR) is 97.1 cm³/mol. The summed E-state index contributed by atoms with van der Waals surface area (Å²) in [5.74, 6) is -0.584.